The Hall–Kier alpha value is -2.64. The number of benzene rings is 2. The van der Waals surface area contributed by atoms with E-state index in [1.807, 2.05) is 17.4 Å². The molecular weight excluding hydrogens is 446 g/mol. The Morgan fingerprint density at radius 2 is 1.79 bits per heavy atom. The number of likely N-dealkylation sites (tertiary alicyclic amines) is 2. The third kappa shape index (κ3) is 4.39. The SMILES string of the molecule is O=C(CN1CCC(c2nc3ccccc3s2)CC1)N1CCC[C@H]1c1ccc2c(c1)OCCCO2. The quantitative estimate of drug-likeness (QED) is 0.529. The number of rotatable bonds is 4. The van der Waals surface area contributed by atoms with Crippen molar-refractivity contribution >= 4 is 27.5 Å². The lowest BCUT2D eigenvalue weighted by Crippen LogP contribution is -2.43. The number of amides is 1. The highest BCUT2D eigenvalue weighted by atomic mass is 32.1. The van der Waals surface area contributed by atoms with Crippen molar-refractivity contribution in [3.63, 3.8) is 0 Å². The van der Waals surface area contributed by atoms with E-state index < -0.39 is 0 Å². The molecule has 0 unspecified atom stereocenters. The Balaban J connectivity index is 1.08. The first kappa shape index (κ1) is 21.9. The van der Waals surface area contributed by atoms with Crippen LogP contribution in [-0.4, -0.2) is 60.1 Å². The summed E-state index contributed by atoms with van der Waals surface area (Å²) in [6.45, 7) is 4.62. The number of aromatic nitrogens is 1. The summed E-state index contributed by atoms with van der Waals surface area (Å²) in [5.74, 6) is 2.37. The van der Waals surface area contributed by atoms with E-state index in [0.717, 1.165) is 74.3 Å². The number of fused-ring (bicyclic) bond motifs is 2. The maximum atomic E-state index is 13.3. The van der Waals surface area contributed by atoms with Gasteiger partial charge in [0.25, 0.3) is 0 Å². The number of hydrogen-bond donors (Lipinski definition) is 0. The van der Waals surface area contributed by atoms with E-state index >= 15 is 0 Å². The standard InChI is InChI=1S/C27H31N3O3S/c31-26(18-29-13-10-19(11-14-29)27-28-21-5-1-2-7-25(21)34-27)30-12-3-6-22(30)20-8-9-23-24(17-20)33-16-4-15-32-23/h1-2,5,7-9,17,19,22H,3-4,6,10-16,18H2/t22-/m0/s1. The van der Waals surface area contributed by atoms with Gasteiger partial charge in [0.15, 0.2) is 11.5 Å². The third-order valence-electron chi connectivity index (χ3n) is 7.34. The fourth-order valence-corrected chi connectivity index (χ4v) is 6.62. The Morgan fingerprint density at radius 3 is 2.65 bits per heavy atom. The van der Waals surface area contributed by atoms with Crippen molar-refractivity contribution < 1.29 is 14.3 Å². The van der Waals surface area contributed by atoms with E-state index in [2.05, 4.69) is 46.2 Å². The van der Waals surface area contributed by atoms with Crippen molar-refractivity contribution in [3.05, 3.63) is 53.0 Å². The van der Waals surface area contributed by atoms with Crippen LogP contribution < -0.4 is 9.47 Å². The summed E-state index contributed by atoms with van der Waals surface area (Å²) in [5.41, 5.74) is 2.26. The molecule has 2 fully saturated rings. The summed E-state index contributed by atoms with van der Waals surface area (Å²) in [5, 5.41) is 1.25. The van der Waals surface area contributed by atoms with Crippen LogP contribution in [0.2, 0.25) is 0 Å². The fourth-order valence-electron chi connectivity index (χ4n) is 5.48. The summed E-state index contributed by atoms with van der Waals surface area (Å²) in [7, 11) is 0. The topological polar surface area (TPSA) is 54.9 Å². The van der Waals surface area contributed by atoms with Gasteiger partial charge >= 0.3 is 0 Å². The average molecular weight is 478 g/mol. The number of hydrogen-bond acceptors (Lipinski definition) is 6. The molecule has 6 nitrogen and oxygen atoms in total. The first-order valence-corrected chi connectivity index (χ1v) is 13.3. The average Bonchev–Trinajstić information content (AvgIpc) is 3.46. The van der Waals surface area contributed by atoms with Gasteiger partial charge in [-0.15, -0.1) is 11.3 Å². The molecule has 0 radical (unpaired) electrons. The molecule has 0 bridgehead atoms. The van der Waals surface area contributed by atoms with Crippen LogP contribution >= 0.6 is 11.3 Å². The molecule has 1 amide bonds. The number of para-hydroxylation sites is 1. The molecule has 3 aliphatic rings. The molecule has 7 heteroatoms. The number of carbonyl (C=O) groups excluding carboxylic acids is 1. The fraction of sp³-hybridized carbons (Fsp3) is 0.481. The van der Waals surface area contributed by atoms with Gasteiger partial charge in [-0.3, -0.25) is 9.69 Å². The molecule has 0 aliphatic carbocycles. The third-order valence-corrected chi connectivity index (χ3v) is 8.53. The zero-order chi connectivity index (χ0) is 22.9. The van der Waals surface area contributed by atoms with Crippen LogP contribution in [0.25, 0.3) is 10.2 Å². The van der Waals surface area contributed by atoms with E-state index in [1.54, 1.807) is 0 Å². The molecule has 3 aromatic rings. The lowest BCUT2D eigenvalue weighted by molar-refractivity contribution is -0.133. The van der Waals surface area contributed by atoms with Crippen molar-refractivity contribution in [3.8, 4) is 11.5 Å². The minimum atomic E-state index is 0.130. The van der Waals surface area contributed by atoms with Crippen LogP contribution in [0.15, 0.2) is 42.5 Å². The van der Waals surface area contributed by atoms with Crippen molar-refractivity contribution in [2.75, 3.05) is 39.4 Å². The zero-order valence-electron chi connectivity index (χ0n) is 19.4. The maximum absolute atomic E-state index is 13.3. The molecule has 3 aliphatic heterocycles. The second kappa shape index (κ2) is 9.55. The minimum absolute atomic E-state index is 0.130. The molecule has 4 heterocycles. The van der Waals surface area contributed by atoms with Crippen molar-refractivity contribution in [2.45, 2.75) is 44.1 Å². The molecule has 1 atom stereocenters. The van der Waals surface area contributed by atoms with Crippen LogP contribution in [0.1, 0.15) is 54.6 Å². The van der Waals surface area contributed by atoms with Gasteiger partial charge in [-0.1, -0.05) is 18.2 Å². The van der Waals surface area contributed by atoms with Gasteiger partial charge in [-0.2, -0.15) is 0 Å². The monoisotopic (exact) mass is 477 g/mol. The smallest absolute Gasteiger partial charge is 0.237 e. The van der Waals surface area contributed by atoms with Crippen molar-refractivity contribution in [1.82, 2.24) is 14.8 Å². The highest BCUT2D eigenvalue weighted by molar-refractivity contribution is 7.18. The summed E-state index contributed by atoms with van der Waals surface area (Å²) in [4.78, 5) is 22.6. The maximum Gasteiger partial charge on any atom is 0.237 e. The predicted octanol–water partition coefficient (Wildman–Crippen LogP) is 5.00. The van der Waals surface area contributed by atoms with Crippen LogP contribution in [0, 0.1) is 0 Å². The molecule has 2 saturated heterocycles. The van der Waals surface area contributed by atoms with E-state index in [0.29, 0.717) is 25.7 Å². The highest BCUT2D eigenvalue weighted by Crippen LogP contribution is 2.38. The van der Waals surface area contributed by atoms with Crippen molar-refractivity contribution in [2.24, 2.45) is 0 Å². The molecule has 0 saturated carbocycles. The molecular formula is C27H31N3O3S. The summed E-state index contributed by atoms with van der Waals surface area (Å²) < 4.78 is 12.9. The summed E-state index contributed by atoms with van der Waals surface area (Å²) >= 11 is 1.82. The Morgan fingerprint density at radius 1 is 0.971 bits per heavy atom. The van der Waals surface area contributed by atoms with Gasteiger partial charge in [0.1, 0.15) is 0 Å². The van der Waals surface area contributed by atoms with Crippen LogP contribution in [0.5, 0.6) is 11.5 Å². The molecule has 0 spiro atoms. The van der Waals surface area contributed by atoms with Gasteiger partial charge < -0.3 is 14.4 Å². The van der Waals surface area contributed by atoms with Gasteiger partial charge in [0, 0.05) is 18.9 Å². The van der Waals surface area contributed by atoms with Gasteiger partial charge in [0.05, 0.1) is 41.0 Å². The number of carbonyl (C=O) groups is 1. The molecule has 34 heavy (non-hydrogen) atoms. The van der Waals surface area contributed by atoms with Crippen molar-refractivity contribution in [1.29, 1.82) is 0 Å². The minimum Gasteiger partial charge on any atom is -0.490 e. The lowest BCUT2D eigenvalue weighted by atomic mass is 9.97. The molecule has 0 N–H and O–H groups in total. The van der Waals surface area contributed by atoms with Crippen LogP contribution in [0.3, 0.4) is 0 Å². The van der Waals surface area contributed by atoms with Crippen LogP contribution in [0.4, 0.5) is 0 Å². The Bertz CT molecular complexity index is 1140. The largest absolute Gasteiger partial charge is 0.490 e. The summed E-state index contributed by atoms with van der Waals surface area (Å²) in [6.07, 6.45) is 5.08. The van der Waals surface area contributed by atoms with E-state index in [-0.39, 0.29) is 11.9 Å². The number of piperidine rings is 1. The number of thiazole rings is 1. The van der Waals surface area contributed by atoms with Gasteiger partial charge in [0.2, 0.25) is 5.91 Å². The lowest BCUT2D eigenvalue weighted by Gasteiger charge is -2.33. The molecule has 1 aromatic heterocycles. The normalized spacial score (nSPS) is 21.6. The highest BCUT2D eigenvalue weighted by Gasteiger charge is 2.32. The number of ether oxygens (including phenoxy) is 2. The van der Waals surface area contributed by atoms with E-state index in [1.165, 1.54) is 9.71 Å². The van der Waals surface area contributed by atoms with E-state index in [4.69, 9.17) is 14.5 Å². The number of nitrogens with zero attached hydrogens (tertiary/aromatic N) is 3. The second-order valence-electron chi connectivity index (χ2n) is 9.57. The van der Waals surface area contributed by atoms with E-state index in [9.17, 15) is 4.79 Å². The zero-order valence-corrected chi connectivity index (χ0v) is 20.3. The van der Waals surface area contributed by atoms with Gasteiger partial charge in [-0.05, 0) is 68.6 Å². The Labute approximate surface area is 204 Å². The second-order valence-corrected chi connectivity index (χ2v) is 10.6. The van der Waals surface area contributed by atoms with Crippen LogP contribution in [-0.2, 0) is 4.79 Å². The summed E-state index contributed by atoms with van der Waals surface area (Å²) in [6, 6.07) is 14.7. The molecule has 2 aromatic carbocycles. The first-order chi connectivity index (χ1) is 16.7. The first-order valence-electron chi connectivity index (χ1n) is 12.5. The Kier molecular flexibility index (Phi) is 6.14. The molecule has 178 valence electrons. The molecule has 6 rings (SSSR count). The predicted molar refractivity (Wildman–Crippen MR) is 134 cm³/mol. The van der Waals surface area contributed by atoms with Gasteiger partial charge in [-0.25, -0.2) is 4.98 Å².